The molecule has 1 fully saturated rings. The minimum atomic E-state index is 0.452. The van der Waals surface area contributed by atoms with Gasteiger partial charge in [-0.1, -0.05) is 12.8 Å². The highest BCUT2D eigenvalue weighted by Crippen LogP contribution is 2.22. The van der Waals surface area contributed by atoms with Crippen molar-refractivity contribution in [2.45, 2.75) is 38.4 Å². The molecule has 2 heterocycles. The first-order valence-electron chi connectivity index (χ1n) is 6.06. The molecule has 17 heavy (non-hydrogen) atoms. The number of hydrogen-bond acceptors (Lipinski definition) is 2. The van der Waals surface area contributed by atoms with Crippen LogP contribution in [0.4, 0.5) is 0 Å². The van der Waals surface area contributed by atoms with E-state index < -0.39 is 0 Å². The van der Waals surface area contributed by atoms with Gasteiger partial charge in [0.1, 0.15) is 5.65 Å². The van der Waals surface area contributed by atoms with Gasteiger partial charge in [0.25, 0.3) is 0 Å². The van der Waals surface area contributed by atoms with E-state index in [1.54, 1.807) is 0 Å². The fourth-order valence-corrected chi connectivity index (χ4v) is 2.71. The molecule has 0 bridgehead atoms. The smallest absolute Gasteiger partial charge is 0.137 e. The molecule has 3 rings (SSSR count). The first kappa shape index (κ1) is 11.2. The molecule has 0 amide bonds. The topological polar surface area (TPSA) is 26.5 Å². The third-order valence-corrected chi connectivity index (χ3v) is 3.78. The summed E-state index contributed by atoms with van der Waals surface area (Å²) in [7, 11) is 0. The number of imidazole rings is 1. The lowest BCUT2D eigenvalue weighted by atomic mass is 10.3. The van der Waals surface area contributed by atoms with Crippen LogP contribution in [0.15, 0.2) is 29.0 Å². The van der Waals surface area contributed by atoms with Gasteiger partial charge in [-0.05, 0) is 40.9 Å². The second-order valence-corrected chi connectivity index (χ2v) is 5.46. The Bertz CT molecular complexity index is 517. The number of fused-ring (bicyclic) bond motifs is 1. The molecule has 2 aromatic heterocycles. The molecule has 1 saturated carbocycles. The van der Waals surface area contributed by atoms with Crippen LogP contribution in [0.3, 0.4) is 0 Å². The van der Waals surface area contributed by atoms with Crippen LogP contribution in [0.1, 0.15) is 31.4 Å². The highest BCUT2D eigenvalue weighted by atomic mass is 79.9. The zero-order valence-electron chi connectivity index (χ0n) is 9.60. The van der Waals surface area contributed by atoms with E-state index in [0.717, 1.165) is 15.8 Å². The van der Waals surface area contributed by atoms with Crippen LogP contribution in [-0.2, 0) is 11.3 Å². The quantitative estimate of drug-likeness (QED) is 0.865. The molecule has 1 aliphatic carbocycles. The molecule has 0 unspecified atom stereocenters. The number of nitrogens with zero attached hydrogens (tertiary/aromatic N) is 2. The lowest BCUT2D eigenvalue weighted by Gasteiger charge is -2.10. The van der Waals surface area contributed by atoms with E-state index in [0.29, 0.717) is 12.7 Å². The molecule has 0 aromatic carbocycles. The molecule has 0 aliphatic heterocycles. The Hall–Kier alpha value is -0.870. The maximum Gasteiger partial charge on any atom is 0.137 e. The van der Waals surface area contributed by atoms with Crippen molar-refractivity contribution in [1.82, 2.24) is 9.38 Å². The summed E-state index contributed by atoms with van der Waals surface area (Å²) in [6.45, 7) is 0.655. The summed E-state index contributed by atoms with van der Waals surface area (Å²) in [6, 6.07) is 4.01. The molecule has 90 valence electrons. The van der Waals surface area contributed by atoms with E-state index in [1.165, 1.54) is 25.7 Å². The van der Waals surface area contributed by atoms with Gasteiger partial charge < -0.3 is 9.14 Å². The van der Waals surface area contributed by atoms with Crippen molar-refractivity contribution >= 4 is 21.6 Å². The third-order valence-electron chi connectivity index (χ3n) is 3.32. The lowest BCUT2D eigenvalue weighted by molar-refractivity contribution is 0.0434. The number of pyridine rings is 1. The van der Waals surface area contributed by atoms with E-state index in [2.05, 4.69) is 25.3 Å². The van der Waals surface area contributed by atoms with Gasteiger partial charge in [-0.3, -0.25) is 0 Å². The average Bonchev–Trinajstić information content (AvgIpc) is 2.94. The van der Waals surface area contributed by atoms with Gasteiger partial charge in [0, 0.05) is 10.7 Å². The fraction of sp³-hybridized carbons (Fsp3) is 0.462. The molecule has 0 radical (unpaired) electrons. The normalized spacial score (nSPS) is 17.0. The first-order chi connectivity index (χ1) is 8.33. The standard InChI is InChI=1S/C13H15BrN2O/c14-10-5-6-13-15-7-11(16(13)8-10)9-17-12-3-1-2-4-12/h5-8,12H,1-4,9H2. The van der Waals surface area contributed by atoms with E-state index in [1.807, 2.05) is 24.5 Å². The Balaban J connectivity index is 1.77. The lowest BCUT2D eigenvalue weighted by Crippen LogP contribution is -2.08. The number of ether oxygens (including phenoxy) is 1. The largest absolute Gasteiger partial charge is 0.372 e. The molecule has 0 spiro atoms. The summed E-state index contributed by atoms with van der Waals surface area (Å²) in [5.74, 6) is 0. The first-order valence-corrected chi connectivity index (χ1v) is 6.85. The molecule has 0 saturated heterocycles. The van der Waals surface area contributed by atoms with Crippen molar-refractivity contribution in [2.24, 2.45) is 0 Å². The van der Waals surface area contributed by atoms with Crippen molar-refractivity contribution in [2.75, 3.05) is 0 Å². The predicted octanol–water partition coefficient (Wildman–Crippen LogP) is 3.56. The summed E-state index contributed by atoms with van der Waals surface area (Å²) >= 11 is 3.48. The number of aromatic nitrogens is 2. The fourth-order valence-electron chi connectivity index (χ4n) is 2.37. The summed E-state index contributed by atoms with van der Waals surface area (Å²) in [5, 5.41) is 0. The third kappa shape index (κ3) is 2.38. The van der Waals surface area contributed by atoms with Crippen molar-refractivity contribution < 1.29 is 4.74 Å². The van der Waals surface area contributed by atoms with Gasteiger partial charge in [0.15, 0.2) is 0 Å². The van der Waals surface area contributed by atoms with E-state index in [9.17, 15) is 0 Å². The summed E-state index contributed by atoms with van der Waals surface area (Å²) < 4.78 is 9.06. The molecular formula is C13H15BrN2O. The van der Waals surface area contributed by atoms with Gasteiger partial charge in [0.05, 0.1) is 24.6 Å². The Morgan fingerprint density at radius 3 is 3.00 bits per heavy atom. The minimum absolute atomic E-state index is 0.452. The van der Waals surface area contributed by atoms with Crippen LogP contribution < -0.4 is 0 Å². The van der Waals surface area contributed by atoms with Gasteiger partial charge >= 0.3 is 0 Å². The van der Waals surface area contributed by atoms with E-state index in [4.69, 9.17) is 4.74 Å². The number of hydrogen-bond donors (Lipinski definition) is 0. The highest BCUT2D eigenvalue weighted by molar-refractivity contribution is 9.10. The second-order valence-electron chi connectivity index (χ2n) is 4.54. The molecule has 2 aromatic rings. The Morgan fingerprint density at radius 2 is 2.18 bits per heavy atom. The van der Waals surface area contributed by atoms with Crippen molar-refractivity contribution in [3.05, 3.63) is 34.7 Å². The van der Waals surface area contributed by atoms with Crippen LogP contribution >= 0.6 is 15.9 Å². The van der Waals surface area contributed by atoms with Gasteiger partial charge in [-0.2, -0.15) is 0 Å². The Labute approximate surface area is 109 Å². The van der Waals surface area contributed by atoms with Crippen LogP contribution in [0.2, 0.25) is 0 Å². The van der Waals surface area contributed by atoms with Crippen LogP contribution in [0, 0.1) is 0 Å². The maximum absolute atomic E-state index is 5.92. The molecule has 4 heteroatoms. The molecule has 0 atom stereocenters. The predicted molar refractivity (Wildman–Crippen MR) is 69.9 cm³/mol. The van der Waals surface area contributed by atoms with Crippen molar-refractivity contribution in [3.8, 4) is 0 Å². The van der Waals surface area contributed by atoms with Crippen LogP contribution in [-0.4, -0.2) is 15.5 Å². The molecule has 1 aliphatic rings. The van der Waals surface area contributed by atoms with Gasteiger partial charge in [-0.15, -0.1) is 0 Å². The summed E-state index contributed by atoms with van der Waals surface area (Å²) in [5.41, 5.74) is 2.09. The molecular weight excluding hydrogens is 280 g/mol. The maximum atomic E-state index is 5.92. The SMILES string of the molecule is Brc1ccc2ncc(COC3CCCC3)n2c1. The van der Waals surface area contributed by atoms with E-state index in [-0.39, 0.29) is 0 Å². The zero-order valence-corrected chi connectivity index (χ0v) is 11.2. The summed E-state index contributed by atoms with van der Waals surface area (Å²) in [4.78, 5) is 4.37. The zero-order chi connectivity index (χ0) is 11.7. The van der Waals surface area contributed by atoms with Gasteiger partial charge in [0.2, 0.25) is 0 Å². The number of halogens is 1. The van der Waals surface area contributed by atoms with E-state index >= 15 is 0 Å². The summed E-state index contributed by atoms with van der Waals surface area (Å²) in [6.07, 6.45) is 9.42. The van der Waals surface area contributed by atoms with Crippen molar-refractivity contribution in [1.29, 1.82) is 0 Å². The highest BCUT2D eigenvalue weighted by Gasteiger charge is 2.16. The Morgan fingerprint density at radius 1 is 1.35 bits per heavy atom. The molecule has 3 nitrogen and oxygen atoms in total. The average molecular weight is 295 g/mol. The minimum Gasteiger partial charge on any atom is -0.372 e. The molecule has 0 N–H and O–H groups in total. The van der Waals surface area contributed by atoms with Crippen LogP contribution in [0.25, 0.3) is 5.65 Å². The second kappa shape index (κ2) is 4.78. The van der Waals surface area contributed by atoms with Crippen molar-refractivity contribution in [3.63, 3.8) is 0 Å². The van der Waals surface area contributed by atoms with Crippen LogP contribution in [0.5, 0.6) is 0 Å². The Kier molecular flexibility index (Phi) is 3.16. The number of rotatable bonds is 3. The van der Waals surface area contributed by atoms with Gasteiger partial charge in [-0.25, -0.2) is 4.98 Å². The monoisotopic (exact) mass is 294 g/mol.